The van der Waals surface area contributed by atoms with Gasteiger partial charge in [-0.15, -0.1) is 0 Å². The van der Waals surface area contributed by atoms with Crippen molar-refractivity contribution in [1.29, 1.82) is 0 Å². The minimum absolute atomic E-state index is 0.684. The summed E-state index contributed by atoms with van der Waals surface area (Å²) in [6, 6.07) is 2.26. The van der Waals surface area contributed by atoms with Gasteiger partial charge in [0.2, 0.25) is 0 Å². The molecule has 3 heteroatoms. The van der Waals surface area contributed by atoms with Crippen LogP contribution in [0.2, 0.25) is 0 Å². The Labute approximate surface area is 124 Å². The predicted molar refractivity (Wildman–Crippen MR) is 86.9 cm³/mol. The van der Waals surface area contributed by atoms with Gasteiger partial charge >= 0.3 is 0 Å². The second-order valence-electron chi connectivity index (χ2n) is 7.09. The van der Waals surface area contributed by atoms with E-state index in [2.05, 4.69) is 55.9 Å². The number of hydrogen-bond acceptors (Lipinski definition) is 3. The molecule has 1 aliphatic heterocycles. The van der Waals surface area contributed by atoms with Crippen molar-refractivity contribution in [3.8, 4) is 0 Å². The third-order valence-corrected chi connectivity index (χ3v) is 6.25. The van der Waals surface area contributed by atoms with Crippen molar-refractivity contribution >= 4 is 11.8 Å². The minimum Gasteiger partial charge on any atom is -0.311 e. The molecule has 2 rings (SSSR count). The normalized spacial score (nSPS) is 37.4. The van der Waals surface area contributed by atoms with Gasteiger partial charge in [0.1, 0.15) is 0 Å². The third-order valence-electron chi connectivity index (χ3n) is 5.16. The smallest absolute Gasteiger partial charge is 0.0247 e. The number of piperazine rings is 1. The minimum atomic E-state index is 0.684. The molecule has 4 atom stereocenters. The Balaban J connectivity index is 2.03. The molecule has 2 fully saturated rings. The van der Waals surface area contributed by atoms with E-state index in [4.69, 9.17) is 0 Å². The molecule has 0 bridgehead atoms. The zero-order valence-electron chi connectivity index (χ0n) is 13.4. The van der Waals surface area contributed by atoms with Gasteiger partial charge < -0.3 is 5.32 Å². The highest BCUT2D eigenvalue weighted by atomic mass is 32.2. The van der Waals surface area contributed by atoms with Gasteiger partial charge in [-0.2, -0.15) is 11.8 Å². The standard InChI is InChI=1S/C16H32N2S/c1-11(2)15-10-18(16(9-17-15)12(3)4)13-6-7-14(8-13)19-5/h11-17H,6-10H2,1-5H3. The lowest BCUT2D eigenvalue weighted by molar-refractivity contribution is 0.0477. The molecule has 112 valence electrons. The highest BCUT2D eigenvalue weighted by Crippen LogP contribution is 2.34. The van der Waals surface area contributed by atoms with Crippen LogP contribution in [-0.4, -0.2) is 47.6 Å². The van der Waals surface area contributed by atoms with E-state index in [-0.39, 0.29) is 0 Å². The van der Waals surface area contributed by atoms with E-state index in [9.17, 15) is 0 Å². The average molecular weight is 285 g/mol. The fraction of sp³-hybridized carbons (Fsp3) is 1.00. The first-order chi connectivity index (χ1) is 9.02. The van der Waals surface area contributed by atoms with E-state index < -0.39 is 0 Å². The van der Waals surface area contributed by atoms with Gasteiger partial charge in [0.15, 0.2) is 0 Å². The predicted octanol–water partition coefficient (Wildman–Crippen LogP) is 3.22. The number of hydrogen-bond donors (Lipinski definition) is 1. The molecule has 0 aromatic rings. The van der Waals surface area contributed by atoms with Crippen LogP contribution < -0.4 is 5.32 Å². The van der Waals surface area contributed by atoms with Gasteiger partial charge in [0.25, 0.3) is 0 Å². The summed E-state index contributed by atoms with van der Waals surface area (Å²) in [5.74, 6) is 1.50. The molecule has 0 aromatic heterocycles. The molecule has 0 radical (unpaired) electrons. The molecule has 0 amide bonds. The van der Waals surface area contributed by atoms with E-state index in [1.165, 1.54) is 32.4 Å². The lowest BCUT2D eigenvalue weighted by atomic mass is 9.92. The molecule has 2 nitrogen and oxygen atoms in total. The molecule has 1 saturated carbocycles. The first-order valence-electron chi connectivity index (χ1n) is 8.04. The zero-order valence-corrected chi connectivity index (χ0v) is 14.2. The summed E-state index contributed by atoms with van der Waals surface area (Å²) in [5.41, 5.74) is 0. The third kappa shape index (κ3) is 3.68. The Morgan fingerprint density at radius 2 is 1.84 bits per heavy atom. The molecular formula is C16H32N2S. The zero-order chi connectivity index (χ0) is 14.0. The van der Waals surface area contributed by atoms with Crippen LogP contribution in [0.3, 0.4) is 0 Å². The number of nitrogens with one attached hydrogen (secondary N) is 1. The van der Waals surface area contributed by atoms with E-state index in [0.717, 1.165) is 29.2 Å². The molecule has 19 heavy (non-hydrogen) atoms. The second-order valence-corrected chi connectivity index (χ2v) is 8.23. The van der Waals surface area contributed by atoms with Gasteiger partial charge in [-0.05, 0) is 37.4 Å². The van der Waals surface area contributed by atoms with Crippen LogP contribution in [0.1, 0.15) is 47.0 Å². The van der Waals surface area contributed by atoms with Crippen molar-refractivity contribution in [2.75, 3.05) is 19.3 Å². The van der Waals surface area contributed by atoms with Crippen LogP contribution in [0.15, 0.2) is 0 Å². The van der Waals surface area contributed by atoms with E-state index in [1.54, 1.807) is 0 Å². The van der Waals surface area contributed by atoms with Crippen LogP contribution >= 0.6 is 11.8 Å². The fourth-order valence-corrected chi connectivity index (χ4v) is 4.52. The molecule has 1 N–H and O–H groups in total. The Bertz CT molecular complexity index is 280. The fourth-order valence-electron chi connectivity index (χ4n) is 3.73. The maximum atomic E-state index is 3.78. The maximum absolute atomic E-state index is 3.78. The summed E-state index contributed by atoms with van der Waals surface area (Å²) < 4.78 is 0. The lowest BCUT2D eigenvalue weighted by Gasteiger charge is -2.46. The van der Waals surface area contributed by atoms with Gasteiger partial charge in [0, 0.05) is 36.5 Å². The summed E-state index contributed by atoms with van der Waals surface area (Å²) in [7, 11) is 0. The van der Waals surface area contributed by atoms with Crippen molar-refractivity contribution in [2.24, 2.45) is 11.8 Å². The Hall–Kier alpha value is 0.270. The first kappa shape index (κ1) is 15.7. The van der Waals surface area contributed by atoms with Gasteiger partial charge in [-0.1, -0.05) is 27.7 Å². The van der Waals surface area contributed by atoms with Gasteiger partial charge in [0.05, 0.1) is 0 Å². The quantitative estimate of drug-likeness (QED) is 0.853. The number of nitrogens with zero attached hydrogens (tertiary/aromatic N) is 1. The van der Waals surface area contributed by atoms with Crippen LogP contribution in [0, 0.1) is 11.8 Å². The summed E-state index contributed by atoms with van der Waals surface area (Å²) in [4.78, 5) is 2.86. The topological polar surface area (TPSA) is 15.3 Å². The Morgan fingerprint density at radius 3 is 2.37 bits per heavy atom. The summed E-state index contributed by atoms with van der Waals surface area (Å²) in [5, 5.41) is 4.69. The highest BCUT2D eigenvalue weighted by Gasteiger charge is 2.38. The molecule has 1 aliphatic carbocycles. The van der Waals surface area contributed by atoms with Crippen molar-refractivity contribution in [3.05, 3.63) is 0 Å². The Morgan fingerprint density at radius 1 is 1.11 bits per heavy atom. The molecule has 1 saturated heterocycles. The monoisotopic (exact) mass is 284 g/mol. The van der Waals surface area contributed by atoms with Crippen molar-refractivity contribution in [3.63, 3.8) is 0 Å². The molecule has 0 aromatic carbocycles. The van der Waals surface area contributed by atoms with Gasteiger partial charge in [-0.3, -0.25) is 4.90 Å². The lowest BCUT2D eigenvalue weighted by Crippen LogP contribution is -2.62. The van der Waals surface area contributed by atoms with Crippen molar-refractivity contribution in [2.45, 2.75) is 70.3 Å². The van der Waals surface area contributed by atoms with E-state index in [1.807, 2.05) is 0 Å². The molecule has 0 spiro atoms. The number of thioether (sulfide) groups is 1. The van der Waals surface area contributed by atoms with Crippen LogP contribution in [0.4, 0.5) is 0 Å². The SMILES string of the molecule is CSC1CCC(N2CC(C(C)C)NCC2C(C)C)C1. The number of rotatable bonds is 4. The largest absolute Gasteiger partial charge is 0.311 e. The average Bonchev–Trinajstić information content (AvgIpc) is 2.86. The van der Waals surface area contributed by atoms with Gasteiger partial charge in [-0.25, -0.2) is 0 Å². The first-order valence-corrected chi connectivity index (χ1v) is 9.33. The van der Waals surface area contributed by atoms with Crippen molar-refractivity contribution < 1.29 is 0 Å². The van der Waals surface area contributed by atoms with Crippen LogP contribution in [0.5, 0.6) is 0 Å². The molecule has 2 aliphatic rings. The summed E-state index contributed by atoms with van der Waals surface area (Å²) >= 11 is 2.07. The van der Waals surface area contributed by atoms with Crippen LogP contribution in [-0.2, 0) is 0 Å². The Kier molecular flexibility index (Phi) is 5.62. The van der Waals surface area contributed by atoms with E-state index in [0.29, 0.717) is 6.04 Å². The second kappa shape index (κ2) is 6.82. The maximum Gasteiger partial charge on any atom is 0.0247 e. The highest BCUT2D eigenvalue weighted by molar-refractivity contribution is 7.99. The van der Waals surface area contributed by atoms with Crippen LogP contribution in [0.25, 0.3) is 0 Å². The summed E-state index contributed by atoms with van der Waals surface area (Å²) in [6.45, 7) is 11.9. The van der Waals surface area contributed by atoms with E-state index >= 15 is 0 Å². The molecular weight excluding hydrogens is 252 g/mol. The molecule has 4 unspecified atom stereocenters. The summed E-state index contributed by atoms with van der Waals surface area (Å²) in [6.07, 6.45) is 6.53. The molecule has 1 heterocycles. The van der Waals surface area contributed by atoms with Crippen molar-refractivity contribution in [1.82, 2.24) is 10.2 Å².